The molecule has 1 aromatic heterocycles. The lowest BCUT2D eigenvalue weighted by Crippen LogP contribution is -2.57. The van der Waals surface area contributed by atoms with Crippen LogP contribution >= 0.6 is 0 Å². The Bertz CT molecular complexity index is 1330. The number of hydrogen-bond acceptors (Lipinski definition) is 8. The molecule has 4 unspecified atom stereocenters. The number of benzene rings is 1. The number of fused-ring (bicyclic) bond motifs is 1. The number of hydrogen-bond donors (Lipinski definition) is 9. The number of aliphatic carboxylic acids is 2. The molecule has 0 aliphatic rings. The topological polar surface area (TPSA) is 290 Å². The maximum atomic E-state index is 13.2. The molecule has 42 heavy (non-hydrogen) atoms. The highest BCUT2D eigenvalue weighted by atomic mass is 16.4. The number of amides is 5. The SMILES string of the molecule is NC(=O)CCC(N)C(=O)NC(CCC(=O)O)C(=O)NC(CCC(N)=O)C(=O)NC(Cc1c[nH]c2ccccc12)C(=O)O. The van der Waals surface area contributed by atoms with E-state index in [0.717, 1.165) is 10.9 Å². The molecule has 12 N–H and O–H groups in total. The Labute approximate surface area is 239 Å². The van der Waals surface area contributed by atoms with E-state index in [2.05, 4.69) is 20.9 Å². The molecule has 16 nitrogen and oxygen atoms in total. The van der Waals surface area contributed by atoms with Crippen LogP contribution in [-0.2, 0) is 40.0 Å². The molecule has 0 radical (unpaired) electrons. The van der Waals surface area contributed by atoms with Gasteiger partial charge in [0.2, 0.25) is 29.5 Å². The normalized spacial score (nSPS) is 13.7. The Morgan fingerprint density at radius 1 is 0.738 bits per heavy atom. The first-order valence-electron chi connectivity index (χ1n) is 13.0. The third-order valence-corrected chi connectivity index (χ3v) is 6.34. The van der Waals surface area contributed by atoms with E-state index in [-0.39, 0.29) is 32.1 Å². The molecule has 5 amide bonds. The summed E-state index contributed by atoms with van der Waals surface area (Å²) in [7, 11) is 0. The Hall–Kier alpha value is -4.99. The van der Waals surface area contributed by atoms with Gasteiger partial charge in [-0.1, -0.05) is 18.2 Å². The van der Waals surface area contributed by atoms with E-state index in [4.69, 9.17) is 22.3 Å². The standard InChI is InChI=1S/C26H35N7O9/c27-15(5-8-20(28)34)23(38)31-18(7-10-22(36)37)24(39)32-17(6-9-21(29)35)25(40)33-19(26(41)42)11-13-12-30-16-4-2-1-3-14(13)16/h1-4,12,15,17-19,30H,5-11,27H2,(H2,28,34)(H2,29,35)(H,31,38)(H,32,39)(H,33,40)(H,36,37)(H,41,42). The number of para-hydroxylation sites is 1. The van der Waals surface area contributed by atoms with Crippen LogP contribution < -0.4 is 33.2 Å². The van der Waals surface area contributed by atoms with Gasteiger partial charge in [-0.05, 0) is 30.9 Å². The van der Waals surface area contributed by atoms with E-state index in [1.807, 2.05) is 0 Å². The number of nitrogens with two attached hydrogens (primary N) is 3. The average molecular weight is 590 g/mol. The smallest absolute Gasteiger partial charge is 0.326 e. The van der Waals surface area contributed by atoms with E-state index >= 15 is 0 Å². The molecular formula is C26H35N7O9. The van der Waals surface area contributed by atoms with Gasteiger partial charge in [-0.3, -0.25) is 28.8 Å². The van der Waals surface area contributed by atoms with Crippen LogP contribution in [0, 0.1) is 0 Å². The Balaban J connectivity index is 2.20. The summed E-state index contributed by atoms with van der Waals surface area (Å²) in [6.07, 6.45) is -0.446. The average Bonchev–Trinajstić information content (AvgIpc) is 3.33. The lowest BCUT2D eigenvalue weighted by molar-refractivity contribution is -0.142. The molecule has 0 fully saturated rings. The molecule has 0 saturated carbocycles. The van der Waals surface area contributed by atoms with E-state index in [9.17, 15) is 38.7 Å². The second kappa shape index (κ2) is 15.7. The second-order valence-electron chi connectivity index (χ2n) is 9.63. The lowest BCUT2D eigenvalue weighted by atomic mass is 10.0. The van der Waals surface area contributed by atoms with Gasteiger partial charge in [0.15, 0.2) is 0 Å². The third kappa shape index (κ3) is 10.5. The molecule has 4 atom stereocenters. The number of rotatable bonds is 18. The predicted molar refractivity (Wildman–Crippen MR) is 147 cm³/mol. The highest BCUT2D eigenvalue weighted by molar-refractivity contribution is 5.95. The number of aromatic nitrogens is 1. The fraction of sp³-hybridized carbons (Fsp3) is 0.423. The second-order valence-corrected chi connectivity index (χ2v) is 9.63. The molecule has 2 aromatic rings. The minimum absolute atomic E-state index is 0.109. The van der Waals surface area contributed by atoms with Gasteiger partial charge in [0, 0.05) is 42.8 Å². The summed E-state index contributed by atoms with van der Waals surface area (Å²) in [5.74, 6) is -6.93. The highest BCUT2D eigenvalue weighted by Gasteiger charge is 2.31. The fourth-order valence-corrected chi connectivity index (χ4v) is 4.06. The molecule has 0 spiro atoms. The van der Waals surface area contributed by atoms with Gasteiger partial charge < -0.3 is 48.3 Å². The van der Waals surface area contributed by atoms with E-state index in [1.165, 1.54) is 0 Å². The first-order chi connectivity index (χ1) is 19.8. The maximum Gasteiger partial charge on any atom is 0.326 e. The monoisotopic (exact) mass is 589 g/mol. The van der Waals surface area contributed by atoms with Gasteiger partial charge in [0.1, 0.15) is 18.1 Å². The van der Waals surface area contributed by atoms with Crippen LogP contribution in [0.3, 0.4) is 0 Å². The van der Waals surface area contributed by atoms with E-state index < -0.39 is 78.5 Å². The number of primary amides is 2. The molecular weight excluding hydrogens is 554 g/mol. The van der Waals surface area contributed by atoms with Gasteiger partial charge in [-0.15, -0.1) is 0 Å². The number of aromatic amines is 1. The molecule has 2 rings (SSSR count). The Morgan fingerprint density at radius 3 is 1.83 bits per heavy atom. The molecule has 1 heterocycles. The van der Waals surface area contributed by atoms with Crippen LogP contribution in [0.2, 0.25) is 0 Å². The quantitative estimate of drug-likeness (QED) is 0.0918. The van der Waals surface area contributed by atoms with Crippen molar-refractivity contribution in [2.24, 2.45) is 17.2 Å². The van der Waals surface area contributed by atoms with Crippen LogP contribution in [0.1, 0.15) is 44.1 Å². The van der Waals surface area contributed by atoms with Crippen molar-refractivity contribution in [3.05, 3.63) is 36.0 Å². The molecule has 0 aliphatic carbocycles. The highest BCUT2D eigenvalue weighted by Crippen LogP contribution is 2.19. The minimum Gasteiger partial charge on any atom is -0.481 e. The van der Waals surface area contributed by atoms with Crippen molar-refractivity contribution in [3.63, 3.8) is 0 Å². The van der Waals surface area contributed by atoms with Gasteiger partial charge >= 0.3 is 11.9 Å². The van der Waals surface area contributed by atoms with Crippen molar-refractivity contribution in [2.75, 3.05) is 0 Å². The van der Waals surface area contributed by atoms with Gasteiger partial charge in [0.25, 0.3) is 0 Å². The summed E-state index contributed by atoms with van der Waals surface area (Å²) in [6.45, 7) is 0. The zero-order chi connectivity index (χ0) is 31.4. The van der Waals surface area contributed by atoms with Crippen LogP contribution in [0.25, 0.3) is 10.9 Å². The predicted octanol–water partition coefficient (Wildman–Crippen LogP) is -2.03. The van der Waals surface area contributed by atoms with Crippen LogP contribution in [0.5, 0.6) is 0 Å². The van der Waals surface area contributed by atoms with Gasteiger partial charge in [0.05, 0.1) is 6.04 Å². The summed E-state index contributed by atoms with van der Waals surface area (Å²) in [4.78, 5) is 87.4. The minimum atomic E-state index is -1.47. The summed E-state index contributed by atoms with van der Waals surface area (Å²) in [5.41, 5.74) is 17.4. The summed E-state index contributed by atoms with van der Waals surface area (Å²) >= 11 is 0. The first-order valence-corrected chi connectivity index (χ1v) is 13.0. The summed E-state index contributed by atoms with van der Waals surface area (Å²) in [5, 5.41) is 26.6. The van der Waals surface area contributed by atoms with Crippen molar-refractivity contribution in [2.45, 2.75) is 69.1 Å². The summed E-state index contributed by atoms with van der Waals surface area (Å²) in [6, 6.07) is 1.54. The van der Waals surface area contributed by atoms with Crippen molar-refractivity contribution < 1.29 is 43.8 Å². The summed E-state index contributed by atoms with van der Waals surface area (Å²) < 4.78 is 0. The lowest BCUT2D eigenvalue weighted by Gasteiger charge is -2.25. The van der Waals surface area contributed by atoms with E-state index in [1.54, 1.807) is 30.5 Å². The number of carbonyl (C=O) groups excluding carboxylic acids is 5. The Kier molecular flexibility index (Phi) is 12.4. The zero-order valence-electron chi connectivity index (χ0n) is 22.6. The van der Waals surface area contributed by atoms with Crippen LogP contribution in [-0.4, -0.2) is 80.8 Å². The van der Waals surface area contributed by atoms with Crippen molar-refractivity contribution in [3.8, 4) is 0 Å². The number of nitrogens with one attached hydrogen (secondary N) is 4. The molecule has 228 valence electrons. The molecule has 1 aromatic carbocycles. The first kappa shape index (κ1) is 33.2. The maximum absolute atomic E-state index is 13.2. The van der Waals surface area contributed by atoms with Gasteiger partial charge in [-0.25, -0.2) is 4.79 Å². The number of H-pyrrole nitrogens is 1. The largest absolute Gasteiger partial charge is 0.481 e. The van der Waals surface area contributed by atoms with Gasteiger partial charge in [-0.2, -0.15) is 0 Å². The van der Waals surface area contributed by atoms with Crippen LogP contribution in [0.15, 0.2) is 30.5 Å². The third-order valence-electron chi connectivity index (χ3n) is 6.34. The number of carboxylic acids is 2. The molecule has 0 bridgehead atoms. The van der Waals surface area contributed by atoms with Crippen molar-refractivity contribution >= 4 is 52.4 Å². The fourth-order valence-electron chi connectivity index (χ4n) is 4.06. The molecule has 0 saturated heterocycles. The number of carboxylic acid groups (broad SMARTS) is 2. The molecule has 16 heteroatoms. The molecule has 0 aliphatic heterocycles. The zero-order valence-corrected chi connectivity index (χ0v) is 22.6. The Morgan fingerprint density at radius 2 is 1.26 bits per heavy atom. The number of carbonyl (C=O) groups is 7. The van der Waals surface area contributed by atoms with E-state index in [0.29, 0.717) is 5.56 Å². The van der Waals surface area contributed by atoms with Crippen LogP contribution in [0.4, 0.5) is 0 Å². The van der Waals surface area contributed by atoms with Crippen molar-refractivity contribution in [1.82, 2.24) is 20.9 Å². The van der Waals surface area contributed by atoms with Crippen molar-refractivity contribution in [1.29, 1.82) is 0 Å².